The Balaban J connectivity index is 1.90. The maximum absolute atomic E-state index is 5.74. The molecule has 4 heteroatoms. The third-order valence-corrected chi connectivity index (χ3v) is 3.87. The first kappa shape index (κ1) is 12.4. The van der Waals surface area contributed by atoms with Crippen molar-refractivity contribution in [3.05, 3.63) is 46.5 Å². The summed E-state index contributed by atoms with van der Waals surface area (Å²) >= 11 is 0. The molecule has 0 bridgehead atoms. The Hall–Kier alpha value is -1.68. The van der Waals surface area contributed by atoms with Crippen molar-refractivity contribution >= 4 is 0 Å². The molecule has 0 unspecified atom stereocenters. The monoisotopic (exact) mass is 256 g/mol. The van der Waals surface area contributed by atoms with E-state index in [0.29, 0.717) is 12.6 Å². The van der Waals surface area contributed by atoms with E-state index < -0.39 is 0 Å². The summed E-state index contributed by atoms with van der Waals surface area (Å²) in [7, 11) is 0. The minimum atomic E-state index is 0.469. The molecule has 0 spiro atoms. The maximum atomic E-state index is 5.74. The summed E-state index contributed by atoms with van der Waals surface area (Å²) in [5.41, 5.74) is 9.69. The second-order valence-corrected chi connectivity index (χ2v) is 5.43. The number of nitrogens with two attached hydrogens (primary N) is 1. The average molecular weight is 256 g/mol. The number of hydrogen-bond acceptors (Lipinski definition) is 3. The highest BCUT2D eigenvalue weighted by Gasteiger charge is 2.28. The molecule has 1 aliphatic carbocycles. The molecule has 4 nitrogen and oxygen atoms in total. The van der Waals surface area contributed by atoms with E-state index in [9.17, 15) is 0 Å². The van der Waals surface area contributed by atoms with Crippen LogP contribution >= 0.6 is 0 Å². The summed E-state index contributed by atoms with van der Waals surface area (Å²) in [6.45, 7) is 4.75. The highest BCUT2D eigenvalue weighted by molar-refractivity contribution is 5.31. The first-order chi connectivity index (χ1) is 9.19. The van der Waals surface area contributed by atoms with Gasteiger partial charge in [0.25, 0.3) is 0 Å². The minimum Gasteiger partial charge on any atom is -0.324 e. The van der Waals surface area contributed by atoms with Crippen LogP contribution in [0.4, 0.5) is 0 Å². The van der Waals surface area contributed by atoms with Gasteiger partial charge < -0.3 is 10.3 Å². The normalized spacial score (nSPS) is 14.9. The molecule has 100 valence electrons. The van der Waals surface area contributed by atoms with E-state index in [-0.39, 0.29) is 0 Å². The highest BCUT2D eigenvalue weighted by Crippen LogP contribution is 2.36. The number of aryl methyl sites for hydroxylation is 2. The second kappa shape index (κ2) is 4.78. The van der Waals surface area contributed by atoms with Crippen molar-refractivity contribution in [2.45, 2.75) is 45.7 Å². The van der Waals surface area contributed by atoms with E-state index in [0.717, 1.165) is 18.1 Å². The lowest BCUT2D eigenvalue weighted by Crippen LogP contribution is -2.10. The molecule has 1 aliphatic rings. The summed E-state index contributed by atoms with van der Waals surface area (Å²) in [4.78, 5) is 0. The molecule has 2 N–H and O–H groups in total. The smallest absolute Gasteiger partial charge is 0.147 e. The van der Waals surface area contributed by atoms with Crippen LogP contribution in [0.1, 0.15) is 47.2 Å². The molecule has 1 aromatic heterocycles. The van der Waals surface area contributed by atoms with E-state index in [1.54, 1.807) is 0 Å². The van der Waals surface area contributed by atoms with Gasteiger partial charge in [0, 0.05) is 12.5 Å². The quantitative estimate of drug-likeness (QED) is 0.913. The Morgan fingerprint density at radius 3 is 2.53 bits per heavy atom. The lowest BCUT2D eigenvalue weighted by molar-refractivity contribution is 0.652. The molecule has 1 saturated carbocycles. The van der Waals surface area contributed by atoms with Gasteiger partial charge in [0.1, 0.15) is 11.6 Å². The third kappa shape index (κ3) is 2.40. The number of hydrogen-bond donors (Lipinski definition) is 1. The van der Waals surface area contributed by atoms with Gasteiger partial charge in [-0.25, -0.2) is 0 Å². The van der Waals surface area contributed by atoms with Crippen molar-refractivity contribution in [3.8, 4) is 0 Å². The lowest BCUT2D eigenvalue weighted by Gasteiger charge is -2.09. The predicted octanol–water partition coefficient (Wildman–Crippen LogP) is 2.28. The molecular formula is C15H20N4. The Bertz CT molecular complexity index is 596. The fourth-order valence-electron chi connectivity index (χ4n) is 2.47. The van der Waals surface area contributed by atoms with Gasteiger partial charge in [0.2, 0.25) is 0 Å². The zero-order valence-electron chi connectivity index (χ0n) is 11.6. The largest absolute Gasteiger partial charge is 0.324 e. The van der Waals surface area contributed by atoms with Crippen LogP contribution in [-0.4, -0.2) is 14.8 Å². The van der Waals surface area contributed by atoms with Gasteiger partial charge in [-0.05, 0) is 43.4 Å². The van der Waals surface area contributed by atoms with E-state index in [4.69, 9.17) is 5.73 Å². The van der Waals surface area contributed by atoms with E-state index in [1.165, 1.54) is 29.5 Å². The van der Waals surface area contributed by atoms with Gasteiger partial charge in [-0.3, -0.25) is 0 Å². The minimum absolute atomic E-state index is 0.469. The zero-order chi connectivity index (χ0) is 13.4. The van der Waals surface area contributed by atoms with Gasteiger partial charge in [-0.2, -0.15) is 0 Å². The van der Waals surface area contributed by atoms with Gasteiger partial charge in [-0.1, -0.05) is 18.2 Å². The van der Waals surface area contributed by atoms with Gasteiger partial charge in [-0.15, -0.1) is 10.2 Å². The Morgan fingerprint density at radius 1 is 1.16 bits per heavy atom. The van der Waals surface area contributed by atoms with Crippen molar-refractivity contribution in [1.82, 2.24) is 14.8 Å². The Morgan fingerprint density at radius 2 is 1.89 bits per heavy atom. The summed E-state index contributed by atoms with van der Waals surface area (Å²) < 4.78 is 2.25. The summed E-state index contributed by atoms with van der Waals surface area (Å²) in [5, 5.41) is 8.55. The van der Waals surface area contributed by atoms with Crippen LogP contribution in [0.25, 0.3) is 0 Å². The molecule has 0 radical (unpaired) electrons. The van der Waals surface area contributed by atoms with E-state index in [2.05, 4.69) is 46.8 Å². The third-order valence-electron chi connectivity index (χ3n) is 3.87. The molecule has 1 aromatic carbocycles. The predicted molar refractivity (Wildman–Crippen MR) is 74.9 cm³/mol. The van der Waals surface area contributed by atoms with Crippen molar-refractivity contribution < 1.29 is 0 Å². The summed E-state index contributed by atoms with van der Waals surface area (Å²) in [6, 6.07) is 7.17. The molecule has 0 amide bonds. The van der Waals surface area contributed by atoms with Crippen molar-refractivity contribution in [2.75, 3.05) is 0 Å². The Labute approximate surface area is 113 Å². The Kier molecular flexibility index (Phi) is 3.11. The fraction of sp³-hybridized carbons (Fsp3) is 0.467. The second-order valence-electron chi connectivity index (χ2n) is 5.43. The van der Waals surface area contributed by atoms with Crippen LogP contribution in [0.2, 0.25) is 0 Å². The standard InChI is InChI=1S/C15H20N4/c1-10-3-4-12(7-11(10)2)8-14-17-18-15(9-16)19(14)13-5-6-13/h3-4,7,13H,5-6,8-9,16H2,1-2H3. The van der Waals surface area contributed by atoms with Crippen molar-refractivity contribution in [3.63, 3.8) is 0 Å². The van der Waals surface area contributed by atoms with Crippen LogP contribution < -0.4 is 5.73 Å². The lowest BCUT2D eigenvalue weighted by atomic mass is 10.0. The van der Waals surface area contributed by atoms with Crippen LogP contribution in [-0.2, 0) is 13.0 Å². The van der Waals surface area contributed by atoms with Crippen LogP contribution in [0.15, 0.2) is 18.2 Å². The summed E-state index contributed by atoms with van der Waals surface area (Å²) in [6.07, 6.45) is 3.29. The van der Waals surface area contributed by atoms with Gasteiger partial charge in [0.05, 0.1) is 6.54 Å². The molecule has 3 rings (SSSR count). The number of nitrogens with zero attached hydrogens (tertiary/aromatic N) is 3. The molecule has 1 heterocycles. The van der Waals surface area contributed by atoms with Crippen molar-refractivity contribution in [1.29, 1.82) is 0 Å². The number of aromatic nitrogens is 3. The molecule has 0 aliphatic heterocycles. The average Bonchev–Trinajstić information content (AvgIpc) is 3.16. The SMILES string of the molecule is Cc1ccc(Cc2nnc(CN)n2C2CC2)cc1C. The highest BCUT2D eigenvalue weighted by atomic mass is 15.3. The number of rotatable bonds is 4. The van der Waals surface area contributed by atoms with Crippen molar-refractivity contribution in [2.24, 2.45) is 5.73 Å². The topological polar surface area (TPSA) is 56.7 Å². The van der Waals surface area contributed by atoms with Crippen LogP contribution in [0.3, 0.4) is 0 Å². The fourth-order valence-corrected chi connectivity index (χ4v) is 2.47. The number of benzene rings is 1. The zero-order valence-corrected chi connectivity index (χ0v) is 11.6. The molecule has 1 fully saturated rings. The summed E-state index contributed by atoms with van der Waals surface area (Å²) in [5.74, 6) is 1.97. The van der Waals surface area contributed by atoms with Crippen LogP contribution in [0, 0.1) is 13.8 Å². The van der Waals surface area contributed by atoms with E-state index in [1.807, 2.05) is 0 Å². The molecule has 0 saturated heterocycles. The molecule has 2 aromatic rings. The maximum Gasteiger partial charge on any atom is 0.147 e. The van der Waals surface area contributed by atoms with Gasteiger partial charge in [0.15, 0.2) is 0 Å². The van der Waals surface area contributed by atoms with E-state index >= 15 is 0 Å². The van der Waals surface area contributed by atoms with Crippen LogP contribution in [0.5, 0.6) is 0 Å². The first-order valence-electron chi connectivity index (χ1n) is 6.88. The molecule has 0 atom stereocenters. The molecular weight excluding hydrogens is 236 g/mol. The molecule has 19 heavy (non-hydrogen) atoms. The van der Waals surface area contributed by atoms with Gasteiger partial charge >= 0.3 is 0 Å². The first-order valence-corrected chi connectivity index (χ1v) is 6.88.